The Morgan fingerprint density at radius 2 is 1.86 bits per heavy atom. The van der Waals surface area contributed by atoms with Crippen LogP contribution in [0.2, 0.25) is 0 Å². The molecule has 1 saturated heterocycles. The highest BCUT2D eigenvalue weighted by atomic mass is 16.4. The van der Waals surface area contributed by atoms with Crippen molar-refractivity contribution in [3.8, 4) is 11.3 Å². The molecule has 2 fully saturated rings. The average Bonchev–Trinajstić information content (AvgIpc) is 3.59. The number of hydrogen-bond donors (Lipinski definition) is 3. The van der Waals surface area contributed by atoms with E-state index in [1.165, 1.54) is 5.56 Å². The smallest absolute Gasteiger partial charge is 0.303 e. The van der Waals surface area contributed by atoms with Gasteiger partial charge in [0.2, 0.25) is 0 Å². The first-order valence-corrected chi connectivity index (χ1v) is 14.8. The molecule has 7 nitrogen and oxygen atoms in total. The summed E-state index contributed by atoms with van der Waals surface area (Å²) in [6, 6.07) is 12.8. The van der Waals surface area contributed by atoms with Crippen molar-refractivity contribution in [2.45, 2.75) is 57.0 Å². The van der Waals surface area contributed by atoms with Crippen LogP contribution in [0.1, 0.15) is 56.1 Å². The van der Waals surface area contributed by atoms with Gasteiger partial charge in [-0.1, -0.05) is 55.1 Å². The Labute approximate surface area is 246 Å². The molecule has 1 amide bonds. The van der Waals surface area contributed by atoms with Crippen LogP contribution in [0.5, 0.6) is 0 Å². The molecule has 2 atom stereocenters. The van der Waals surface area contributed by atoms with Gasteiger partial charge in [-0.05, 0) is 84.9 Å². The lowest BCUT2D eigenvalue weighted by atomic mass is 9.77. The quantitative estimate of drug-likeness (QED) is 0.381. The number of fused-ring (bicyclic) bond motifs is 1. The van der Waals surface area contributed by atoms with E-state index in [9.17, 15) is 9.59 Å². The van der Waals surface area contributed by atoms with E-state index < -0.39 is 5.97 Å². The zero-order chi connectivity index (χ0) is 29.2. The Morgan fingerprint density at radius 3 is 2.55 bits per heavy atom. The van der Waals surface area contributed by atoms with Crippen molar-refractivity contribution in [1.82, 2.24) is 15.6 Å². The molecule has 2 aliphatic heterocycles. The van der Waals surface area contributed by atoms with Gasteiger partial charge in [-0.3, -0.25) is 19.6 Å². The SMILES string of the molecule is C=C(/C=C1/CNC(=O)/C1=C/C)C1=C[C@@H]2NC(c3ccc(-c4ccc(C5CCC(CC(=O)O)CC5)cc4)nc3)=NC2C=C1. The number of rotatable bonds is 7. The maximum absolute atomic E-state index is 12.0. The van der Waals surface area contributed by atoms with E-state index in [4.69, 9.17) is 15.1 Å². The average molecular weight is 561 g/mol. The second kappa shape index (κ2) is 11.8. The van der Waals surface area contributed by atoms with Gasteiger partial charge in [0.05, 0.1) is 17.8 Å². The van der Waals surface area contributed by atoms with Crippen LogP contribution in [0.15, 0.2) is 107 Å². The summed E-state index contributed by atoms with van der Waals surface area (Å²) in [6.45, 7) is 6.65. The number of aromatic nitrogens is 1. The Balaban J connectivity index is 1.07. The van der Waals surface area contributed by atoms with E-state index in [1.807, 2.05) is 31.3 Å². The van der Waals surface area contributed by atoms with E-state index in [1.54, 1.807) is 0 Å². The number of benzene rings is 1. The second-order valence-corrected chi connectivity index (χ2v) is 11.6. The fourth-order valence-electron chi connectivity index (χ4n) is 6.46. The van der Waals surface area contributed by atoms with Crippen molar-refractivity contribution >= 4 is 17.7 Å². The molecular weight excluding hydrogens is 524 g/mol. The van der Waals surface area contributed by atoms with Crippen LogP contribution < -0.4 is 10.6 Å². The maximum Gasteiger partial charge on any atom is 0.303 e. The van der Waals surface area contributed by atoms with Crippen molar-refractivity contribution in [2.75, 3.05) is 6.54 Å². The molecule has 3 N–H and O–H groups in total. The number of nitrogens with one attached hydrogen (secondary N) is 2. The Morgan fingerprint density at radius 1 is 1.10 bits per heavy atom. The van der Waals surface area contributed by atoms with Gasteiger partial charge < -0.3 is 15.7 Å². The fraction of sp³-hybridized carbons (Fsp3) is 0.314. The van der Waals surface area contributed by atoms with Gasteiger partial charge in [0, 0.05) is 35.9 Å². The lowest BCUT2D eigenvalue weighted by Gasteiger charge is -2.28. The van der Waals surface area contributed by atoms with Crippen molar-refractivity contribution < 1.29 is 14.7 Å². The molecule has 2 aliphatic carbocycles. The number of aliphatic carboxylic acids is 1. The standard InChI is InChI=1S/C35H36N4O3/c1-3-29-28(20-37-35(29)42)16-21(2)26-12-15-31-32(18-26)39-34(38-31)27-13-14-30(36-19-27)25-10-8-24(9-11-25)23-6-4-22(5-7-23)17-33(40)41/h3,8-16,18-19,22-23,31-32H,2,4-7,17,20H2,1H3,(H,37,42)(H,38,39)(H,40,41)/b28-16-,29-3+/t22?,23?,31?,32-/m0/s1. The molecule has 1 unspecified atom stereocenters. The Bertz CT molecular complexity index is 1550. The van der Waals surface area contributed by atoms with Crippen LogP contribution in [-0.2, 0) is 9.59 Å². The molecular formula is C35H36N4O3. The Hall–Kier alpha value is -4.52. The minimum atomic E-state index is -0.686. The van der Waals surface area contributed by atoms with Crippen molar-refractivity contribution in [3.05, 3.63) is 113 Å². The first-order valence-electron chi connectivity index (χ1n) is 14.8. The third kappa shape index (κ3) is 5.77. The van der Waals surface area contributed by atoms with E-state index in [-0.39, 0.29) is 18.0 Å². The van der Waals surface area contributed by atoms with Gasteiger partial charge in [0.25, 0.3) is 5.91 Å². The first-order chi connectivity index (χ1) is 20.4. The normalized spacial score (nSPS) is 26.8. The monoisotopic (exact) mass is 560 g/mol. The van der Waals surface area contributed by atoms with Crippen molar-refractivity contribution in [3.63, 3.8) is 0 Å². The predicted molar refractivity (Wildman–Crippen MR) is 165 cm³/mol. The van der Waals surface area contributed by atoms with Crippen LogP contribution in [-0.4, -0.2) is 46.4 Å². The van der Waals surface area contributed by atoms with Crippen molar-refractivity contribution in [2.24, 2.45) is 10.9 Å². The molecule has 214 valence electrons. The molecule has 4 aliphatic rings. The summed E-state index contributed by atoms with van der Waals surface area (Å²) in [6.07, 6.45) is 16.4. The molecule has 0 radical (unpaired) electrons. The lowest BCUT2D eigenvalue weighted by molar-refractivity contribution is -0.138. The summed E-state index contributed by atoms with van der Waals surface area (Å²) in [7, 11) is 0. The van der Waals surface area contributed by atoms with Gasteiger partial charge in [-0.25, -0.2) is 0 Å². The van der Waals surface area contributed by atoms with Crippen LogP contribution in [0.4, 0.5) is 0 Å². The molecule has 3 heterocycles. The number of amidine groups is 1. The molecule has 1 aromatic carbocycles. The molecule has 2 aromatic rings. The lowest BCUT2D eigenvalue weighted by Crippen LogP contribution is -2.34. The van der Waals surface area contributed by atoms with Crippen LogP contribution in [0.25, 0.3) is 11.3 Å². The predicted octanol–water partition coefficient (Wildman–Crippen LogP) is 5.64. The number of carboxylic acids is 1. The van der Waals surface area contributed by atoms with Crippen LogP contribution in [0.3, 0.4) is 0 Å². The molecule has 0 bridgehead atoms. The highest BCUT2D eigenvalue weighted by molar-refractivity contribution is 6.02. The van der Waals surface area contributed by atoms with Crippen LogP contribution >= 0.6 is 0 Å². The molecule has 1 saturated carbocycles. The van der Waals surface area contributed by atoms with Crippen molar-refractivity contribution in [1.29, 1.82) is 0 Å². The molecule has 7 heteroatoms. The number of carbonyl (C=O) groups is 2. The first kappa shape index (κ1) is 27.6. The number of pyridine rings is 1. The highest BCUT2D eigenvalue weighted by Gasteiger charge is 2.29. The van der Waals surface area contributed by atoms with Gasteiger partial charge >= 0.3 is 5.97 Å². The zero-order valence-electron chi connectivity index (χ0n) is 23.8. The van der Waals surface area contributed by atoms with E-state index in [0.29, 0.717) is 30.4 Å². The van der Waals surface area contributed by atoms with Gasteiger partial charge in [-0.2, -0.15) is 0 Å². The number of carbonyl (C=O) groups excluding carboxylic acids is 1. The zero-order valence-corrected chi connectivity index (χ0v) is 23.8. The third-order valence-electron chi connectivity index (χ3n) is 8.84. The van der Waals surface area contributed by atoms with E-state index >= 15 is 0 Å². The highest BCUT2D eigenvalue weighted by Crippen LogP contribution is 2.37. The van der Waals surface area contributed by atoms with Crippen LogP contribution in [0, 0.1) is 5.92 Å². The summed E-state index contributed by atoms with van der Waals surface area (Å²) in [4.78, 5) is 32.6. The van der Waals surface area contributed by atoms with Gasteiger partial charge in [-0.15, -0.1) is 0 Å². The summed E-state index contributed by atoms with van der Waals surface area (Å²) < 4.78 is 0. The largest absolute Gasteiger partial charge is 0.481 e. The minimum absolute atomic E-state index is 0.0106. The number of aliphatic imine (C=N–C) groups is 1. The summed E-state index contributed by atoms with van der Waals surface area (Å²) in [5.74, 6) is 0.918. The summed E-state index contributed by atoms with van der Waals surface area (Å²) in [5.41, 5.74) is 7.82. The molecule has 0 spiro atoms. The molecule has 1 aromatic heterocycles. The Kier molecular flexibility index (Phi) is 7.74. The minimum Gasteiger partial charge on any atom is -0.481 e. The topological polar surface area (TPSA) is 104 Å². The summed E-state index contributed by atoms with van der Waals surface area (Å²) in [5, 5.41) is 15.5. The second-order valence-electron chi connectivity index (χ2n) is 11.6. The summed E-state index contributed by atoms with van der Waals surface area (Å²) >= 11 is 0. The van der Waals surface area contributed by atoms with Gasteiger partial charge in [0.15, 0.2) is 0 Å². The van der Waals surface area contributed by atoms with E-state index in [2.05, 4.69) is 65.8 Å². The number of hydrogen-bond acceptors (Lipinski definition) is 5. The number of allylic oxidation sites excluding steroid dienone is 5. The third-order valence-corrected chi connectivity index (χ3v) is 8.84. The number of nitrogens with zero attached hydrogens (tertiary/aromatic N) is 2. The molecule has 6 rings (SSSR count). The number of amides is 1. The fourth-order valence-corrected chi connectivity index (χ4v) is 6.46. The number of carboxylic acid groups (broad SMARTS) is 1. The van der Waals surface area contributed by atoms with E-state index in [0.717, 1.165) is 65.1 Å². The molecule has 42 heavy (non-hydrogen) atoms. The van der Waals surface area contributed by atoms with Gasteiger partial charge in [0.1, 0.15) is 5.84 Å². The maximum atomic E-state index is 12.0.